The largest absolute Gasteiger partial charge is 0.395 e. The molecule has 3 aliphatic rings. The van der Waals surface area contributed by atoms with Gasteiger partial charge in [-0.15, -0.1) is 0 Å². The van der Waals surface area contributed by atoms with E-state index in [1.54, 1.807) is 8.61 Å². The first-order chi connectivity index (χ1) is 10.1. The molecule has 6 nitrogen and oxygen atoms in total. The van der Waals surface area contributed by atoms with E-state index in [2.05, 4.69) is 4.90 Å². The van der Waals surface area contributed by atoms with Gasteiger partial charge in [-0.05, 0) is 32.2 Å². The van der Waals surface area contributed by atoms with E-state index in [-0.39, 0.29) is 12.6 Å². The van der Waals surface area contributed by atoms with E-state index in [1.807, 2.05) is 0 Å². The Labute approximate surface area is 127 Å². The lowest BCUT2D eigenvalue weighted by molar-refractivity contribution is 0.0773. The summed E-state index contributed by atoms with van der Waals surface area (Å²) < 4.78 is 29.0. The fourth-order valence-electron chi connectivity index (χ4n) is 3.95. The van der Waals surface area contributed by atoms with Crippen LogP contribution in [0.5, 0.6) is 0 Å². The van der Waals surface area contributed by atoms with Crippen molar-refractivity contribution in [3.63, 3.8) is 0 Å². The molecular weight excluding hydrogens is 290 g/mol. The predicted octanol–water partition coefficient (Wildman–Crippen LogP) is 0.248. The molecule has 0 aromatic heterocycles. The molecule has 3 fully saturated rings. The number of fused-ring (bicyclic) bond motifs is 1. The van der Waals surface area contributed by atoms with Crippen molar-refractivity contribution >= 4 is 10.2 Å². The van der Waals surface area contributed by atoms with E-state index in [9.17, 15) is 13.5 Å². The zero-order chi connectivity index (χ0) is 14.9. The van der Waals surface area contributed by atoms with Crippen molar-refractivity contribution in [3.8, 4) is 0 Å². The van der Waals surface area contributed by atoms with Gasteiger partial charge in [0.25, 0.3) is 10.2 Å². The molecule has 0 saturated carbocycles. The molecule has 1 N–H and O–H groups in total. The zero-order valence-corrected chi connectivity index (χ0v) is 13.5. The molecule has 0 amide bonds. The number of aliphatic hydroxyl groups excluding tert-OH is 1. The second-order valence-corrected chi connectivity index (χ2v) is 8.38. The highest BCUT2D eigenvalue weighted by atomic mass is 32.2. The molecule has 0 bridgehead atoms. The molecule has 3 aliphatic heterocycles. The van der Waals surface area contributed by atoms with Crippen LogP contribution < -0.4 is 0 Å². The van der Waals surface area contributed by atoms with Crippen LogP contribution >= 0.6 is 0 Å². The van der Waals surface area contributed by atoms with Crippen LogP contribution in [0.1, 0.15) is 38.5 Å². The van der Waals surface area contributed by atoms with Gasteiger partial charge in [0.1, 0.15) is 0 Å². The van der Waals surface area contributed by atoms with Crippen LogP contribution in [0.4, 0.5) is 0 Å². The Bertz CT molecular complexity index is 456. The Kier molecular flexibility index (Phi) is 4.85. The molecule has 3 rings (SSSR count). The van der Waals surface area contributed by atoms with Crippen molar-refractivity contribution < 1.29 is 13.5 Å². The summed E-state index contributed by atoms with van der Waals surface area (Å²) in [5.74, 6) is 0. The lowest BCUT2D eigenvalue weighted by Gasteiger charge is -2.45. The number of hydrogen-bond acceptors (Lipinski definition) is 4. The maximum absolute atomic E-state index is 12.9. The van der Waals surface area contributed by atoms with Crippen molar-refractivity contribution in [2.75, 3.05) is 39.3 Å². The van der Waals surface area contributed by atoms with E-state index in [4.69, 9.17) is 0 Å². The first-order valence-corrected chi connectivity index (χ1v) is 9.64. The van der Waals surface area contributed by atoms with Gasteiger partial charge in [0.15, 0.2) is 0 Å². The van der Waals surface area contributed by atoms with Crippen molar-refractivity contribution in [1.82, 2.24) is 13.5 Å². The molecule has 21 heavy (non-hydrogen) atoms. The van der Waals surface area contributed by atoms with Crippen LogP contribution in [0.25, 0.3) is 0 Å². The quantitative estimate of drug-likeness (QED) is 0.810. The van der Waals surface area contributed by atoms with Crippen LogP contribution in [0, 0.1) is 0 Å². The smallest absolute Gasteiger partial charge is 0.282 e. The number of rotatable bonds is 3. The van der Waals surface area contributed by atoms with Crippen LogP contribution in [-0.2, 0) is 10.2 Å². The van der Waals surface area contributed by atoms with E-state index in [0.717, 1.165) is 38.8 Å². The molecule has 2 unspecified atom stereocenters. The fraction of sp³-hybridized carbons (Fsp3) is 1.00. The summed E-state index contributed by atoms with van der Waals surface area (Å²) in [5, 5.41) is 9.48. The number of piperidine rings is 2. The average molecular weight is 317 g/mol. The summed E-state index contributed by atoms with van der Waals surface area (Å²) in [6.07, 6.45) is 6.24. The molecule has 3 saturated heterocycles. The maximum atomic E-state index is 12.9. The number of nitrogens with zero attached hydrogens (tertiary/aromatic N) is 3. The summed E-state index contributed by atoms with van der Waals surface area (Å²) in [6, 6.07) is 0.160. The SMILES string of the molecule is O=S(=O)(N1CCN2CCCCC2C1)N1CCCCC1CO. The van der Waals surface area contributed by atoms with Crippen molar-refractivity contribution in [2.45, 2.75) is 50.6 Å². The first kappa shape index (κ1) is 15.7. The van der Waals surface area contributed by atoms with Gasteiger partial charge in [-0.1, -0.05) is 12.8 Å². The molecule has 2 atom stereocenters. The second kappa shape index (κ2) is 6.50. The van der Waals surface area contributed by atoms with Gasteiger partial charge in [-0.25, -0.2) is 0 Å². The van der Waals surface area contributed by atoms with Gasteiger partial charge < -0.3 is 5.11 Å². The Morgan fingerprint density at radius 2 is 1.71 bits per heavy atom. The normalized spacial score (nSPS) is 33.8. The van der Waals surface area contributed by atoms with Crippen molar-refractivity contribution in [2.24, 2.45) is 0 Å². The average Bonchev–Trinajstić information content (AvgIpc) is 2.54. The minimum absolute atomic E-state index is 0.0668. The predicted molar refractivity (Wildman–Crippen MR) is 81.1 cm³/mol. The van der Waals surface area contributed by atoms with Crippen LogP contribution in [-0.4, -0.2) is 78.4 Å². The van der Waals surface area contributed by atoms with E-state index in [0.29, 0.717) is 25.7 Å². The standard InChI is InChI=1S/C14H27N3O3S/c18-12-14-6-2-4-8-17(14)21(19,20)16-10-9-15-7-3-1-5-13(15)11-16/h13-14,18H,1-12H2. The van der Waals surface area contributed by atoms with Crippen LogP contribution in [0.2, 0.25) is 0 Å². The number of piperazine rings is 1. The summed E-state index contributed by atoms with van der Waals surface area (Å²) >= 11 is 0. The molecule has 0 aromatic carbocycles. The van der Waals surface area contributed by atoms with Gasteiger partial charge in [0, 0.05) is 38.3 Å². The van der Waals surface area contributed by atoms with Crippen molar-refractivity contribution in [1.29, 1.82) is 0 Å². The van der Waals surface area contributed by atoms with Gasteiger partial charge in [0.05, 0.1) is 6.61 Å². The Morgan fingerprint density at radius 1 is 0.952 bits per heavy atom. The Morgan fingerprint density at radius 3 is 2.52 bits per heavy atom. The number of hydrogen-bond donors (Lipinski definition) is 1. The lowest BCUT2D eigenvalue weighted by atomic mass is 10.0. The third-order valence-electron chi connectivity index (χ3n) is 5.21. The molecule has 0 spiro atoms. The van der Waals surface area contributed by atoms with Gasteiger partial charge >= 0.3 is 0 Å². The molecule has 0 radical (unpaired) electrons. The lowest BCUT2D eigenvalue weighted by Crippen LogP contribution is -2.60. The third-order valence-corrected chi connectivity index (χ3v) is 7.26. The summed E-state index contributed by atoms with van der Waals surface area (Å²) in [4.78, 5) is 2.44. The number of aliphatic hydroxyl groups is 1. The maximum Gasteiger partial charge on any atom is 0.282 e. The zero-order valence-electron chi connectivity index (χ0n) is 12.7. The van der Waals surface area contributed by atoms with Gasteiger partial charge in [-0.3, -0.25) is 4.90 Å². The van der Waals surface area contributed by atoms with E-state index >= 15 is 0 Å². The topological polar surface area (TPSA) is 64.1 Å². The van der Waals surface area contributed by atoms with Crippen molar-refractivity contribution in [3.05, 3.63) is 0 Å². The minimum atomic E-state index is -3.42. The molecule has 0 aliphatic carbocycles. The van der Waals surface area contributed by atoms with Gasteiger partial charge in [0.2, 0.25) is 0 Å². The Balaban J connectivity index is 1.72. The molecule has 7 heteroatoms. The van der Waals surface area contributed by atoms with Gasteiger partial charge in [-0.2, -0.15) is 17.0 Å². The molecule has 0 aromatic rings. The van der Waals surface area contributed by atoms with Crippen LogP contribution in [0.15, 0.2) is 0 Å². The summed E-state index contributed by atoms with van der Waals surface area (Å²) in [6.45, 7) is 3.66. The summed E-state index contributed by atoms with van der Waals surface area (Å²) in [5.41, 5.74) is 0. The highest BCUT2D eigenvalue weighted by Gasteiger charge is 2.40. The second-order valence-electron chi connectivity index (χ2n) is 6.49. The highest BCUT2D eigenvalue weighted by molar-refractivity contribution is 7.86. The van der Waals surface area contributed by atoms with E-state index < -0.39 is 10.2 Å². The van der Waals surface area contributed by atoms with E-state index in [1.165, 1.54) is 12.8 Å². The third kappa shape index (κ3) is 3.12. The fourth-order valence-corrected chi connectivity index (χ4v) is 5.82. The molecular formula is C14H27N3O3S. The first-order valence-electron chi connectivity index (χ1n) is 8.25. The van der Waals surface area contributed by atoms with Crippen LogP contribution in [0.3, 0.4) is 0 Å². The monoisotopic (exact) mass is 317 g/mol. The summed E-state index contributed by atoms with van der Waals surface area (Å²) in [7, 11) is -3.42. The highest BCUT2D eigenvalue weighted by Crippen LogP contribution is 2.27. The Hall–Kier alpha value is -0.210. The minimum Gasteiger partial charge on any atom is -0.395 e. The molecule has 3 heterocycles. The molecule has 122 valence electrons.